The summed E-state index contributed by atoms with van der Waals surface area (Å²) in [5, 5.41) is 0.612. The molecule has 7 heteroatoms. The third kappa shape index (κ3) is 4.06. The standard InChI is InChI=1S/C14H17ClN2O3S/c1-19-13(18)7-10-8-17(4-5-20-10)12-6-9(15)2-3-11(12)14(16)21/h2-3,6,10H,4-5,7-8H2,1H3,(H2,16,21). The van der Waals surface area contributed by atoms with Gasteiger partial charge in [0.25, 0.3) is 0 Å². The van der Waals surface area contributed by atoms with E-state index in [9.17, 15) is 4.79 Å². The maximum Gasteiger partial charge on any atom is 0.308 e. The van der Waals surface area contributed by atoms with E-state index in [1.165, 1.54) is 7.11 Å². The van der Waals surface area contributed by atoms with Crippen LogP contribution in [-0.4, -0.2) is 43.9 Å². The first-order valence-electron chi connectivity index (χ1n) is 6.54. The lowest BCUT2D eigenvalue weighted by Gasteiger charge is -2.35. The molecule has 1 aromatic carbocycles. The molecule has 1 aliphatic rings. The smallest absolute Gasteiger partial charge is 0.308 e. The number of carbonyl (C=O) groups excluding carboxylic acids is 1. The Bertz CT molecular complexity index is 553. The zero-order valence-electron chi connectivity index (χ0n) is 11.7. The van der Waals surface area contributed by atoms with Gasteiger partial charge in [-0.05, 0) is 18.2 Å². The molecule has 1 saturated heterocycles. The highest BCUT2D eigenvalue weighted by atomic mass is 35.5. The minimum Gasteiger partial charge on any atom is -0.469 e. The van der Waals surface area contributed by atoms with Crippen molar-refractivity contribution in [1.82, 2.24) is 0 Å². The number of nitrogens with zero attached hydrogens (tertiary/aromatic N) is 1. The monoisotopic (exact) mass is 328 g/mol. The number of nitrogens with two attached hydrogens (primary N) is 1. The Hall–Kier alpha value is -1.37. The number of methoxy groups -OCH3 is 1. The van der Waals surface area contributed by atoms with Crippen LogP contribution < -0.4 is 10.6 Å². The highest BCUT2D eigenvalue weighted by Crippen LogP contribution is 2.27. The van der Waals surface area contributed by atoms with Crippen LogP contribution in [0.4, 0.5) is 5.69 Å². The van der Waals surface area contributed by atoms with Crippen molar-refractivity contribution in [2.75, 3.05) is 31.7 Å². The fourth-order valence-corrected chi connectivity index (χ4v) is 2.64. The van der Waals surface area contributed by atoms with Crippen LogP contribution in [0.1, 0.15) is 12.0 Å². The largest absolute Gasteiger partial charge is 0.469 e. The molecule has 0 bridgehead atoms. The second-order valence-electron chi connectivity index (χ2n) is 4.74. The quantitative estimate of drug-likeness (QED) is 0.671. The first-order chi connectivity index (χ1) is 10.0. The number of carbonyl (C=O) groups is 1. The molecule has 0 spiro atoms. The summed E-state index contributed by atoms with van der Waals surface area (Å²) in [4.78, 5) is 13.8. The summed E-state index contributed by atoms with van der Waals surface area (Å²) in [6.45, 7) is 1.77. The molecule has 2 rings (SSSR count). The summed E-state index contributed by atoms with van der Waals surface area (Å²) < 4.78 is 10.3. The van der Waals surface area contributed by atoms with E-state index in [-0.39, 0.29) is 18.5 Å². The molecule has 1 fully saturated rings. The normalized spacial score (nSPS) is 18.4. The minimum absolute atomic E-state index is 0.218. The van der Waals surface area contributed by atoms with Gasteiger partial charge in [-0.1, -0.05) is 23.8 Å². The molecule has 1 aliphatic heterocycles. The van der Waals surface area contributed by atoms with Crippen LogP contribution in [0.3, 0.4) is 0 Å². The van der Waals surface area contributed by atoms with Crippen molar-refractivity contribution in [3.8, 4) is 0 Å². The number of hydrogen-bond donors (Lipinski definition) is 1. The maximum absolute atomic E-state index is 11.4. The van der Waals surface area contributed by atoms with Gasteiger partial charge in [-0.3, -0.25) is 4.79 Å². The van der Waals surface area contributed by atoms with Gasteiger partial charge in [-0.25, -0.2) is 0 Å². The fraction of sp³-hybridized carbons (Fsp3) is 0.429. The molecule has 0 aliphatic carbocycles. The molecule has 0 radical (unpaired) electrons. The SMILES string of the molecule is COC(=O)CC1CN(c2cc(Cl)ccc2C(N)=S)CCO1. The Kier molecular flexibility index (Phi) is 5.39. The predicted molar refractivity (Wildman–Crippen MR) is 85.9 cm³/mol. The second kappa shape index (κ2) is 7.06. The molecular formula is C14H17ClN2O3S. The van der Waals surface area contributed by atoms with Crippen LogP contribution in [0.5, 0.6) is 0 Å². The van der Waals surface area contributed by atoms with E-state index in [4.69, 9.17) is 34.3 Å². The van der Waals surface area contributed by atoms with Crippen molar-refractivity contribution in [2.24, 2.45) is 5.73 Å². The number of anilines is 1. The first kappa shape index (κ1) is 16.0. The summed E-state index contributed by atoms with van der Waals surface area (Å²) in [6, 6.07) is 5.40. The lowest BCUT2D eigenvalue weighted by Crippen LogP contribution is -2.44. The summed E-state index contributed by atoms with van der Waals surface area (Å²) in [7, 11) is 1.37. The van der Waals surface area contributed by atoms with E-state index in [2.05, 4.69) is 9.64 Å². The fourth-order valence-electron chi connectivity index (χ4n) is 2.31. The summed E-state index contributed by atoms with van der Waals surface area (Å²) >= 11 is 11.2. The summed E-state index contributed by atoms with van der Waals surface area (Å²) in [5.74, 6) is -0.289. The Labute approximate surface area is 133 Å². The lowest BCUT2D eigenvalue weighted by atomic mass is 10.1. The lowest BCUT2D eigenvalue weighted by molar-refractivity contribution is -0.144. The van der Waals surface area contributed by atoms with Crippen molar-refractivity contribution in [1.29, 1.82) is 0 Å². The average Bonchev–Trinajstić information content (AvgIpc) is 2.47. The molecule has 0 amide bonds. The topological polar surface area (TPSA) is 64.8 Å². The van der Waals surface area contributed by atoms with Crippen molar-refractivity contribution in [3.05, 3.63) is 28.8 Å². The van der Waals surface area contributed by atoms with Crippen molar-refractivity contribution >= 4 is 40.5 Å². The third-order valence-electron chi connectivity index (χ3n) is 3.33. The number of halogens is 1. The molecule has 5 nitrogen and oxygen atoms in total. The summed E-state index contributed by atoms with van der Waals surface area (Å²) in [5.41, 5.74) is 7.40. The van der Waals surface area contributed by atoms with Crippen LogP contribution in [0, 0.1) is 0 Å². The van der Waals surface area contributed by atoms with Crippen molar-refractivity contribution in [2.45, 2.75) is 12.5 Å². The predicted octanol–water partition coefficient (Wildman–Crippen LogP) is 1.74. The molecule has 114 valence electrons. The van der Waals surface area contributed by atoms with Crippen LogP contribution in [-0.2, 0) is 14.3 Å². The molecule has 1 aromatic rings. The zero-order valence-corrected chi connectivity index (χ0v) is 13.2. The van der Waals surface area contributed by atoms with Crippen molar-refractivity contribution in [3.63, 3.8) is 0 Å². The van der Waals surface area contributed by atoms with Gasteiger partial charge in [0.2, 0.25) is 0 Å². The zero-order chi connectivity index (χ0) is 15.4. The van der Waals surface area contributed by atoms with E-state index in [0.29, 0.717) is 29.7 Å². The molecule has 1 atom stereocenters. The minimum atomic E-state index is -0.289. The third-order valence-corrected chi connectivity index (χ3v) is 3.78. The van der Waals surface area contributed by atoms with Crippen LogP contribution in [0.15, 0.2) is 18.2 Å². The van der Waals surface area contributed by atoms with Gasteiger partial charge in [0.1, 0.15) is 4.99 Å². The Morgan fingerprint density at radius 3 is 3.05 bits per heavy atom. The van der Waals surface area contributed by atoms with Gasteiger partial charge in [-0.2, -0.15) is 0 Å². The van der Waals surface area contributed by atoms with Gasteiger partial charge < -0.3 is 20.1 Å². The number of rotatable bonds is 4. The number of benzene rings is 1. The Morgan fingerprint density at radius 2 is 2.38 bits per heavy atom. The Morgan fingerprint density at radius 1 is 1.62 bits per heavy atom. The number of hydrogen-bond acceptors (Lipinski definition) is 5. The molecule has 21 heavy (non-hydrogen) atoms. The van der Waals surface area contributed by atoms with E-state index in [0.717, 1.165) is 11.3 Å². The Balaban J connectivity index is 2.19. The van der Waals surface area contributed by atoms with Crippen LogP contribution in [0.25, 0.3) is 0 Å². The second-order valence-corrected chi connectivity index (χ2v) is 5.62. The maximum atomic E-state index is 11.4. The average molecular weight is 329 g/mol. The van der Waals surface area contributed by atoms with Gasteiger partial charge in [-0.15, -0.1) is 0 Å². The number of morpholine rings is 1. The van der Waals surface area contributed by atoms with Gasteiger partial charge >= 0.3 is 5.97 Å². The van der Waals surface area contributed by atoms with Crippen LogP contribution >= 0.6 is 23.8 Å². The van der Waals surface area contributed by atoms with E-state index in [1.807, 2.05) is 12.1 Å². The van der Waals surface area contributed by atoms with E-state index >= 15 is 0 Å². The highest BCUT2D eigenvalue weighted by molar-refractivity contribution is 7.80. The molecule has 0 aromatic heterocycles. The number of ether oxygens (including phenoxy) is 2. The van der Waals surface area contributed by atoms with E-state index in [1.54, 1.807) is 6.07 Å². The van der Waals surface area contributed by atoms with Gasteiger partial charge in [0.05, 0.1) is 26.2 Å². The number of esters is 1. The van der Waals surface area contributed by atoms with E-state index < -0.39 is 0 Å². The number of thiocarbonyl (C=S) groups is 1. The molecule has 1 heterocycles. The highest BCUT2D eigenvalue weighted by Gasteiger charge is 2.25. The van der Waals surface area contributed by atoms with Gasteiger partial charge in [0.15, 0.2) is 0 Å². The molecule has 1 unspecified atom stereocenters. The van der Waals surface area contributed by atoms with Gasteiger partial charge in [0, 0.05) is 29.4 Å². The summed E-state index contributed by atoms with van der Waals surface area (Å²) in [6.07, 6.45) is 0.0000557. The first-order valence-corrected chi connectivity index (χ1v) is 7.32. The molecule has 2 N–H and O–H groups in total. The van der Waals surface area contributed by atoms with Crippen LogP contribution in [0.2, 0.25) is 5.02 Å². The molecular weight excluding hydrogens is 312 g/mol. The van der Waals surface area contributed by atoms with Crippen molar-refractivity contribution < 1.29 is 14.3 Å². The molecule has 0 saturated carbocycles.